The van der Waals surface area contributed by atoms with Gasteiger partial charge in [0.25, 0.3) is 0 Å². The van der Waals surface area contributed by atoms with Gasteiger partial charge < -0.3 is 9.47 Å². The lowest BCUT2D eigenvalue weighted by atomic mass is 10.0. The van der Waals surface area contributed by atoms with Crippen molar-refractivity contribution in [1.29, 1.82) is 0 Å². The molecule has 106 valence electrons. The molecule has 2 rings (SSSR count). The highest BCUT2D eigenvalue weighted by Crippen LogP contribution is 2.23. The van der Waals surface area contributed by atoms with Crippen molar-refractivity contribution < 1.29 is 14.3 Å². The molecule has 0 N–H and O–H groups in total. The quantitative estimate of drug-likeness (QED) is 0.759. The van der Waals surface area contributed by atoms with E-state index in [1.807, 2.05) is 13.1 Å². The average molecular weight is 274 g/mol. The minimum absolute atomic E-state index is 0.0119. The van der Waals surface area contributed by atoms with Crippen molar-refractivity contribution in [2.45, 2.75) is 19.9 Å². The maximum Gasteiger partial charge on any atom is 0.167 e. The van der Waals surface area contributed by atoms with Crippen LogP contribution in [0.5, 0.6) is 11.5 Å². The summed E-state index contributed by atoms with van der Waals surface area (Å²) in [6.07, 6.45) is 3.92. The first-order valence-electron chi connectivity index (χ1n) is 6.44. The number of hydrogen-bond donors (Lipinski definition) is 0. The van der Waals surface area contributed by atoms with Gasteiger partial charge in [-0.3, -0.25) is 9.48 Å². The maximum absolute atomic E-state index is 12.3. The molecule has 1 aromatic heterocycles. The van der Waals surface area contributed by atoms with E-state index in [0.29, 0.717) is 23.5 Å². The predicted molar refractivity (Wildman–Crippen MR) is 75.5 cm³/mol. The molecule has 0 fully saturated rings. The van der Waals surface area contributed by atoms with E-state index in [1.165, 1.54) is 0 Å². The summed E-state index contributed by atoms with van der Waals surface area (Å²) >= 11 is 0. The molecule has 1 aromatic carbocycles. The molecule has 0 atom stereocenters. The zero-order chi connectivity index (χ0) is 14.5. The monoisotopic (exact) mass is 274 g/mol. The number of rotatable bonds is 6. The molecular formula is C15H18N2O3. The number of methoxy groups -OCH3 is 2. The minimum atomic E-state index is 0.0119. The fourth-order valence-electron chi connectivity index (χ4n) is 1.93. The van der Waals surface area contributed by atoms with Crippen molar-refractivity contribution in [3.63, 3.8) is 0 Å². The minimum Gasteiger partial charge on any atom is -0.497 e. The van der Waals surface area contributed by atoms with Gasteiger partial charge in [-0.1, -0.05) is 0 Å². The summed E-state index contributed by atoms with van der Waals surface area (Å²) in [6.45, 7) is 2.80. The third-order valence-corrected chi connectivity index (χ3v) is 3.05. The van der Waals surface area contributed by atoms with E-state index < -0.39 is 0 Å². The zero-order valence-electron chi connectivity index (χ0n) is 11.9. The Labute approximate surface area is 118 Å². The van der Waals surface area contributed by atoms with Gasteiger partial charge in [-0.25, -0.2) is 0 Å². The Balaban J connectivity index is 2.19. The summed E-state index contributed by atoms with van der Waals surface area (Å²) in [7, 11) is 3.13. The van der Waals surface area contributed by atoms with Gasteiger partial charge in [-0.05, 0) is 24.6 Å². The number of hydrogen-bond acceptors (Lipinski definition) is 4. The lowest BCUT2D eigenvalue weighted by Gasteiger charge is -2.07. The average Bonchev–Trinajstić information content (AvgIpc) is 2.94. The van der Waals surface area contributed by atoms with Gasteiger partial charge in [-0.2, -0.15) is 5.10 Å². The van der Waals surface area contributed by atoms with E-state index in [-0.39, 0.29) is 5.78 Å². The van der Waals surface area contributed by atoms with Gasteiger partial charge >= 0.3 is 0 Å². The second-order valence-electron chi connectivity index (χ2n) is 4.41. The molecule has 0 saturated carbocycles. The summed E-state index contributed by atoms with van der Waals surface area (Å²) in [5, 5.41) is 4.16. The van der Waals surface area contributed by atoms with Crippen molar-refractivity contribution >= 4 is 5.78 Å². The molecule has 0 saturated heterocycles. The standard InChI is InChI=1S/C15H18N2O3/c1-4-17-10-11(9-16-17)5-15(18)12-6-13(19-2)8-14(7-12)20-3/h6-10H,4-5H2,1-3H3. The van der Waals surface area contributed by atoms with Gasteiger partial charge in [0.05, 0.1) is 20.4 Å². The molecule has 2 aromatic rings. The molecule has 0 spiro atoms. The highest BCUT2D eigenvalue weighted by atomic mass is 16.5. The van der Waals surface area contributed by atoms with Crippen molar-refractivity contribution in [1.82, 2.24) is 9.78 Å². The number of benzene rings is 1. The summed E-state index contributed by atoms with van der Waals surface area (Å²) in [5.41, 5.74) is 1.48. The molecule has 0 aliphatic heterocycles. The summed E-state index contributed by atoms with van der Waals surface area (Å²) in [6, 6.07) is 5.18. The summed E-state index contributed by atoms with van der Waals surface area (Å²) < 4.78 is 12.1. The Bertz CT molecular complexity index is 583. The molecule has 0 unspecified atom stereocenters. The lowest BCUT2D eigenvalue weighted by molar-refractivity contribution is 0.0992. The Morgan fingerprint density at radius 1 is 1.20 bits per heavy atom. The van der Waals surface area contributed by atoms with Crippen LogP contribution in [-0.4, -0.2) is 29.8 Å². The molecule has 5 heteroatoms. The molecule has 20 heavy (non-hydrogen) atoms. The SMILES string of the molecule is CCn1cc(CC(=O)c2cc(OC)cc(OC)c2)cn1. The van der Waals surface area contributed by atoms with Gasteiger partial charge in [0.2, 0.25) is 0 Å². The van der Waals surface area contributed by atoms with Crippen LogP contribution in [0.25, 0.3) is 0 Å². The van der Waals surface area contributed by atoms with Crippen LogP contribution in [-0.2, 0) is 13.0 Å². The number of aryl methyl sites for hydroxylation is 1. The predicted octanol–water partition coefficient (Wildman–Crippen LogP) is 2.35. The van der Waals surface area contributed by atoms with Crippen LogP contribution in [0.1, 0.15) is 22.8 Å². The Kier molecular flexibility index (Phi) is 4.40. The normalized spacial score (nSPS) is 10.3. The summed E-state index contributed by atoms with van der Waals surface area (Å²) in [5.74, 6) is 1.23. The maximum atomic E-state index is 12.3. The highest BCUT2D eigenvalue weighted by molar-refractivity contribution is 5.98. The number of carbonyl (C=O) groups excluding carboxylic acids is 1. The third-order valence-electron chi connectivity index (χ3n) is 3.05. The van der Waals surface area contributed by atoms with Gasteiger partial charge in [0.1, 0.15) is 11.5 Å². The van der Waals surface area contributed by atoms with E-state index in [4.69, 9.17) is 9.47 Å². The summed E-state index contributed by atoms with van der Waals surface area (Å²) in [4.78, 5) is 12.3. The number of aromatic nitrogens is 2. The van der Waals surface area contributed by atoms with Gasteiger partial charge in [-0.15, -0.1) is 0 Å². The second-order valence-corrected chi connectivity index (χ2v) is 4.41. The highest BCUT2D eigenvalue weighted by Gasteiger charge is 2.11. The van der Waals surface area contributed by atoms with E-state index in [2.05, 4.69) is 5.10 Å². The Morgan fingerprint density at radius 2 is 1.85 bits per heavy atom. The van der Waals surface area contributed by atoms with Crippen LogP contribution in [0, 0.1) is 0 Å². The molecule has 5 nitrogen and oxygen atoms in total. The topological polar surface area (TPSA) is 53.4 Å². The van der Waals surface area contributed by atoms with Crippen molar-refractivity contribution in [2.75, 3.05) is 14.2 Å². The second kappa shape index (κ2) is 6.23. The zero-order valence-corrected chi connectivity index (χ0v) is 11.9. The fourth-order valence-corrected chi connectivity index (χ4v) is 1.93. The lowest BCUT2D eigenvalue weighted by Crippen LogP contribution is -2.04. The van der Waals surface area contributed by atoms with Crippen LogP contribution < -0.4 is 9.47 Å². The Hall–Kier alpha value is -2.30. The first kappa shape index (κ1) is 14.1. The molecular weight excluding hydrogens is 256 g/mol. The number of Topliss-reactive ketones (excluding diaryl/α,β-unsaturated/α-hetero) is 1. The molecule has 0 aliphatic carbocycles. The van der Waals surface area contributed by atoms with Gasteiger partial charge in [0, 0.05) is 30.8 Å². The largest absolute Gasteiger partial charge is 0.497 e. The fraction of sp³-hybridized carbons (Fsp3) is 0.333. The number of carbonyl (C=O) groups is 1. The van der Waals surface area contributed by atoms with E-state index in [0.717, 1.165) is 12.1 Å². The van der Waals surface area contributed by atoms with Crippen LogP contribution in [0.15, 0.2) is 30.6 Å². The van der Waals surface area contributed by atoms with Crippen LogP contribution in [0.2, 0.25) is 0 Å². The van der Waals surface area contributed by atoms with E-state index in [1.54, 1.807) is 43.3 Å². The molecule has 0 bridgehead atoms. The first-order chi connectivity index (χ1) is 9.66. The molecule has 0 aliphatic rings. The van der Waals surface area contributed by atoms with E-state index in [9.17, 15) is 4.79 Å². The smallest absolute Gasteiger partial charge is 0.167 e. The molecule has 0 radical (unpaired) electrons. The third kappa shape index (κ3) is 3.17. The number of ketones is 1. The van der Waals surface area contributed by atoms with Crippen LogP contribution >= 0.6 is 0 Å². The first-order valence-corrected chi connectivity index (χ1v) is 6.44. The van der Waals surface area contributed by atoms with Crippen molar-refractivity contribution in [3.8, 4) is 11.5 Å². The molecule has 1 heterocycles. The number of ether oxygens (including phenoxy) is 2. The number of nitrogens with zero attached hydrogens (tertiary/aromatic N) is 2. The van der Waals surface area contributed by atoms with Crippen LogP contribution in [0.3, 0.4) is 0 Å². The molecule has 0 amide bonds. The Morgan fingerprint density at radius 3 is 2.35 bits per heavy atom. The van der Waals surface area contributed by atoms with Crippen LogP contribution in [0.4, 0.5) is 0 Å². The van der Waals surface area contributed by atoms with Crippen molar-refractivity contribution in [2.24, 2.45) is 0 Å². The van der Waals surface area contributed by atoms with E-state index >= 15 is 0 Å². The van der Waals surface area contributed by atoms with Gasteiger partial charge in [0.15, 0.2) is 5.78 Å². The van der Waals surface area contributed by atoms with Crippen molar-refractivity contribution in [3.05, 3.63) is 41.7 Å².